The maximum Gasteiger partial charge on any atom is 0.172 e. The van der Waals surface area contributed by atoms with Gasteiger partial charge in [-0.15, -0.1) is 0 Å². The van der Waals surface area contributed by atoms with Gasteiger partial charge in [-0.1, -0.05) is 41.4 Å². The molecule has 0 aliphatic heterocycles. The molecule has 5 nitrogen and oxygen atoms in total. The second-order valence-electron chi connectivity index (χ2n) is 6.10. The Hall–Kier alpha value is -2.81. The molecular weight excluding hydrogens is 348 g/mol. The molecule has 0 aliphatic carbocycles. The highest BCUT2D eigenvalue weighted by atomic mass is 35.5. The van der Waals surface area contributed by atoms with Crippen molar-refractivity contribution in [3.05, 3.63) is 75.6 Å². The molecule has 0 bridgehead atoms. The number of aryl methyl sites for hydroxylation is 2. The van der Waals surface area contributed by atoms with E-state index in [9.17, 15) is 0 Å². The third-order valence-corrected chi connectivity index (χ3v) is 4.15. The van der Waals surface area contributed by atoms with Crippen molar-refractivity contribution in [3.63, 3.8) is 0 Å². The highest BCUT2D eigenvalue weighted by Gasteiger charge is 2.13. The zero-order chi connectivity index (χ0) is 18.5. The fourth-order valence-electron chi connectivity index (χ4n) is 2.57. The van der Waals surface area contributed by atoms with Crippen molar-refractivity contribution >= 4 is 11.6 Å². The smallest absolute Gasteiger partial charge is 0.172 e. The number of hydrogen-bond donors (Lipinski definition) is 2. The molecule has 2 aromatic carbocycles. The van der Waals surface area contributed by atoms with Crippen LogP contribution in [0.25, 0.3) is 0 Å². The van der Waals surface area contributed by atoms with Gasteiger partial charge in [0.2, 0.25) is 0 Å². The summed E-state index contributed by atoms with van der Waals surface area (Å²) in [7, 11) is 0. The van der Waals surface area contributed by atoms with Gasteiger partial charge in [-0.05, 0) is 37.6 Å². The topological polar surface area (TPSA) is 73.7 Å². The lowest BCUT2D eigenvalue weighted by Crippen LogP contribution is -2.13. The van der Waals surface area contributed by atoms with Gasteiger partial charge in [0, 0.05) is 18.1 Å². The minimum atomic E-state index is 0.452. The third-order valence-electron chi connectivity index (χ3n) is 3.93. The van der Waals surface area contributed by atoms with Gasteiger partial charge in [0.05, 0.1) is 17.3 Å². The molecule has 6 heteroatoms. The quantitative estimate of drug-likeness (QED) is 0.666. The predicted molar refractivity (Wildman–Crippen MR) is 101 cm³/mol. The molecule has 3 rings (SSSR count). The van der Waals surface area contributed by atoms with E-state index in [0.29, 0.717) is 28.6 Å². The van der Waals surface area contributed by atoms with E-state index in [4.69, 9.17) is 21.6 Å². The Morgan fingerprint density at radius 3 is 2.65 bits per heavy atom. The van der Waals surface area contributed by atoms with Crippen LogP contribution in [0.1, 0.15) is 28.1 Å². The second-order valence-corrected chi connectivity index (χ2v) is 6.53. The highest BCUT2D eigenvalue weighted by Crippen LogP contribution is 2.30. The lowest BCUT2D eigenvalue weighted by atomic mass is 10.1. The van der Waals surface area contributed by atoms with Gasteiger partial charge in [0.1, 0.15) is 11.4 Å². The number of nitriles is 1. The molecule has 0 fully saturated rings. The molecule has 0 amide bonds. The fraction of sp³-hybridized carbons (Fsp3) is 0.200. The molecule has 1 heterocycles. The minimum Gasteiger partial charge on any atom is -0.453 e. The number of hydrogen-bond acceptors (Lipinski definition) is 4. The van der Waals surface area contributed by atoms with Crippen molar-refractivity contribution in [2.24, 2.45) is 0 Å². The Bertz CT molecular complexity index is 941. The summed E-state index contributed by atoms with van der Waals surface area (Å²) in [5.41, 5.74) is 4.49. The van der Waals surface area contributed by atoms with Crippen LogP contribution in [0.3, 0.4) is 0 Å². The molecule has 0 unspecified atom stereocenters. The van der Waals surface area contributed by atoms with Crippen molar-refractivity contribution < 1.29 is 4.74 Å². The lowest BCUT2D eigenvalue weighted by molar-refractivity contribution is 0.469. The van der Waals surface area contributed by atoms with Gasteiger partial charge < -0.3 is 10.1 Å². The highest BCUT2D eigenvalue weighted by molar-refractivity contribution is 6.30. The lowest BCUT2D eigenvalue weighted by Gasteiger charge is -2.09. The van der Waals surface area contributed by atoms with Crippen LogP contribution in [0.5, 0.6) is 11.5 Å². The van der Waals surface area contributed by atoms with Crippen LogP contribution < -0.4 is 10.1 Å². The first-order valence-corrected chi connectivity index (χ1v) is 8.61. The van der Waals surface area contributed by atoms with Crippen LogP contribution in [0.15, 0.2) is 42.5 Å². The van der Waals surface area contributed by atoms with Gasteiger partial charge in [-0.2, -0.15) is 10.4 Å². The van der Waals surface area contributed by atoms with E-state index < -0.39 is 0 Å². The molecule has 3 aromatic rings. The monoisotopic (exact) mass is 366 g/mol. The standard InChI is InChI=1S/C20H19ClN4O/c1-13-3-5-15(6-4-13)11-23-12-19-20(14(2)24-25-19)26-18-8-16(10-22)7-17(21)9-18/h3-9,23H,11-12H2,1-2H3,(H,24,25). The molecular formula is C20H19ClN4O. The summed E-state index contributed by atoms with van der Waals surface area (Å²) >= 11 is 6.04. The number of rotatable bonds is 6. The number of halogens is 1. The van der Waals surface area contributed by atoms with Crippen LogP contribution in [0.4, 0.5) is 0 Å². The molecule has 0 radical (unpaired) electrons. The van der Waals surface area contributed by atoms with Gasteiger partial charge >= 0.3 is 0 Å². The first kappa shape index (κ1) is 18.0. The summed E-state index contributed by atoms with van der Waals surface area (Å²) in [4.78, 5) is 0. The number of nitrogens with one attached hydrogen (secondary N) is 2. The van der Waals surface area contributed by atoms with Crippen molar-refractivity contribution in [1.29, 1.82) is 5.26 Å². The number of aromatic nitrogens is 2. The largest absolute Gasteiger partial charge is 0.453 e. The van der Waals surface area contributed by atoms with Gasteiger partial charge in [-0.25, -0.2) is 0 Å². The Labute approximate surface area is 157 Å². The van der Waals surface area contributed by atoms with Crippen LogP contribution in [-0.2, 0) is 13.1 Å². The molecule has 0 atom stereocenters. The summed E-state index contributed by atoms with van der Waals surface area (Å²) in [6.07, 6.45) is 0. The predicted octanol–water partition coefficient (Wildman–Crippen LogP) is 4.63. The normalized spacial score (nSPS) is 10.5. The summed E-state index contributed by atoms with van der Waals surface area (Å²) in [6, 6.07) is 15.4. The molecule has 0 aliphatic rings. The number of aromatic amines is 1. The number of H-pyrrole nitrogens is 1. The maximum atomic E-state index is 9.07. The Morgan fingerprint density at radius 1 is 1.15 bits per heavy atom. The molecule has 0 saturated heterocycles. The van der Waals surface area contributed by atoms with Crippen LogP contribution in [0.2, 0.25) is 5.02 Å². The summed E-state index contributed by atoms with van der Waals surface area (Å²) in [6.45, 7) is 5.26. The first-order valence-electron chi connectivity index (χ1n) is 8.24. The maximum absolute atomic E-state index is 9.07. The number of ether oxygens (including phenoxy) is 1. The van der Waals surface area contributed by atoms with E-state index in [1.807, 2.05) is 6.92 Å². The molecule has 26 heavy (non-hydrogen) atoms. The fourth-order valence-corrected chi connectivity index (χ4v) is 2.79. The summed E-state index contributed by atoms with van der Waals surface area (Å²) in [5.74, 6) is 1.16. The average molecular weight is 367 g/mol. The zero-order valence-corrected chi connectivity index (χ0v) is 15.4. The number of nitrogens with zero attached hydrogens (tertiary/aromatic N) is 2. The summed E-state index contributed by atoms with van der Waals surface area (Å²) in [5, 5.41) is 20.1. The SMILES string of the molecule is Cc1ccc(CNCc2[nH]nc(C)c2Oc2cc(Cl)cc(C#N)c2)cc1. The van der Waals surface area contributed by atoms with E-state index in [0.717, 1.165) is 17.9 Å². The van der Waals surface area contributed by atoms with Gasteiger partial charge in [0.25, 0.3) is 0 Å². The molecule has 0 saturated carbocycles. The minimum absolute atomic E-state index is 0.452. The van der Waals surface area contributed by atoms with Crippen molar-refractivity contribution in [2.45, 2.75) is 26.9 Å². The van der Waals surface area contributed by atoms with E-state index >= 15 is 0 Å². The third kappa shape index (κ3) is 4.42. The van der Waals surface area contributed by atoms with Gasteiger partial charge in [-0.3, -0.25) is 5.10 Å². The van der Waals surface area contributed by atoms with E-state index in [1.165, 1.54) is 11.1 Å². The summed E-state index contributed by atoms with van der Waals surface area (Å²) < 4.78 is 5.95. The Kier molecular flexibility index (Phi) is 5.57. The van der Waals surface area contributed by atoms with Crippen molar-refractivity contribution in [2.75, 3.05) is 0 Å². The van der Waals surface area contributed by atoms with Crippen molar-refractivity contribution in [3.8, 4) is 17.6 Å². The van der Waals surface area contributed by atoms with E-state index in [2.05, 4.69) is 52.8 Å². The van der Waals surface area contributed by atoms with Crippen LogP contribution in [-0.4, -0.2) is 10.2 Å². The Balaban J connectivity index is 1.70. The molecule has 132 valence electrons. The zero-order valence-electron chi connectivity index (χ0n) is 14.6. The van der Waals surface area contributed by atoms with Gasteiger partial charge in [0.15, 0.2) is 5.75 Å². The average Bonchev–Trinajstić information content (AvgIpc) is 2.96. The second kappa shape index (κ2) is 8.05. The van der Waals surface area contributed by atoms with E-state index in [-0.39, 0.29) is 0 Å². The molecule has 1 aromatic heterocycles. The first-order chi connectivity index (χ1) is 12.5. The number of benzene rings is 2. The Morgan fingerprint density at radius 2 is 1.92 bits per heavy atom. The molecule has 2 N–H and O–H groups in total. The van der Waals surface area contributed by atoms with Crippen LogP contribution in [0, 0.1) is 25.2 Å². The molecule has 0 spiro atoms. The van der Waals surface area contributed by atoms with Crippen LogP contribution >= 0.6 is 11.6 Å². The van der Waals surface area contributed by atoms with Crippen molar-refractivity contribution in [1.82, 2.24) is 15.5 Å². The van der Waals surface area contributed by atoms with E-state index in [1.54, 1.807) is 18.2 Å².